The first kappa shape index (κ1) is 17.8. The Morgan fingerprint density at radius 1 is 1.15 bits per heavy atom. The van der Waals surface area contributed by atoms with Gasteiger partial charge in [-0.05, 0) is 57.6 Å². The van der Waals surface area contributed by atoms with E-state index in [1.807, 2.05) is 52.0 Å². The van der Waals surface area contributed by atoms with Crippen molar-refractivity contribution in [2.75, 3.05) is 5.32 Å². The maximum Gasteiger partial charge on any atom is 0.236 e. The van der Waals surface area contributed by atoms with Crippen molar-refractivity contribution < 1.29 is 9.53 Å². The van der Waals surface area contributed by atoms with Gasteiger partial charge in [0, 0.05) is 11.3 Å². The van der Waals surface area contributed by atoms with Gasteiger partial charge in [0.05, 0.1) is 6.04 Å². The summed E-state index contributed by atoms with van der Waals surface area (Å²) >= 11 is 5.36. The molecule has 0 unspecified atom stereocenters. The summed E-state index contributed by atoms with van der Waals surface area (Å²) in [5, 5.41) is 10.0. The van der Waals surface area contributed by atoms with Crippen LogP contribution in [0.5, 0.6) is 5.75 Å². The Morgan fingerprint density at radius 2 is 1.85 bits per heavy atom. The first-order valence-corrected chi connectivity index (χ1v) is 9.44. The van der Waals surface area contributed by atoms with Gasteiger partial charge in [0.2, 0.25) is 5.91 Å². The average molecular weight is 382 g/mol. The van der Waals surface area contributed by atoms with Crippen LogP contribution in [0.1, 0.15) is 35.2 Å². The lowest BCUT2D eigenvalue weighted by atomic mass is 9.79. The SMILES string of the molecule is Cc1ccc(NC(=O)[C@@H]2[C@@H]3NC(=S)N[C@@]2(C)Oc2ccc(C)cc23)c(C)c1. The van der Waals surface area contributed by atoms with Crippen LogP contribution < -0.4 is 20.7 Å². The summed E-state index contributed by atoms with van der Waals surface area (Å²) in [5.41, 5.74) is 4.15. The zero-order valence-electron chi connectivity index (χ0n) is 15.8. The molecule has 6 heteroatoms. The fourth-order valence-corrected chi connectivity index (χ4v) is 4.36. The normalized spacial score (nSPS) is 25.6. The van der Waals surface area contributed by atoms with Gasteiger partial charge in [0.25, 0.3) is 0 Å². The summed E-state index contributed by atoms with van der Waals surface area (Å²) in [5.74, 6) is 0.175. The molecule has 0 aromatic heterocycles. The van der Waals surface area contributed by atoms with E-state index >= 15 is 0 Å². The molecule has 27 heavy (non-hydrogen) atoms. The Bertz CT molecular complexity index is 958. The molecule has 1 saturated heterocycles. The summed E-state index contributed by atoms with van der Waals surface area (Å²) in [6, 6.07) is 11.7. The maximum absolute atomic E-state index is 13.3. The van der Waals surface area contributed by atoms with Crippen LogP contribution in [-0.4, -0.2) is 16.7 Å². The van der Waals surface area contributed by atoms with Gasteiger partial charge in [-0.2, -0.15) is 0 Å². The third-order valence-electron chi connectivity index (χ3n) is 5.32. The molecule has 2 aromatic rings. The summed E-state index contributed by atoms with van der Waals surface area (Å²) in [4.78, 5) is 13.3. The number of ether oxygens (including phenoxy) is 1. The monoisotopic (exact) mass is 381 g/mol. The highest BCUT2D eigenvalue weighted by Crippen LogP contribution is 2.45. The fraction of sp³-hybridized carbons (Fsp3) is 0.333. The van der Waals surface area contributed by atoms with Gasteiger partial charge in [-0.1, -0.05) is 35.4 Å². The summed E-state index contributed by atoms with van der Waals surface area (Å²) in [6.07, 6.45) is 0. The van der Waals surface area contributed by atoms with Gasteiger partial charge in [-0.3, -0.25) is 4.79 Å². The molecule has 2 aliphatic rings. The number of carbonyl (C=O) groups is 1. The van der Waals surface area contributed by atoms with Crippen LogP contribution in [0.3, 0.4) is 0 Å². The number of rotatable bonds is 2. The largest absolute Gasteiger partial charge is 0.467 e. The van der Waals surface area contributed by atoms with Crippen molar-refractivity contribution in [2.45, 2.75) is 39.5 Å². The number of amides is 1. The number of hydrogen-bond donors (Lipinski definition) is 3. The lowest BCUT2D eigenvalue weighted by molar-refractivity contribution is -0.132. The van der Waals surface area contributed by atoms with Gasteiger partial charge in [0.15, 0.2) is 10.8 Å². The Kier molecular flexibility index (Phi) is 4.11. The number of carbonyl (C=O) groups excluding carboxylic acids is 1. The minimum absolute atomic E-state index is 0.107. The zero-order chi connectivity index (χ0) is 19.3. The van der Waals surface area contributed by atoms with E-state index in [-0.39, 0.29) is 11.9 Å². The van der Waals surface area contributed by atoms with Crippen molar-refractivity contribution in [2.24, 2.45) is 5.92 Å². The van der Waals surface area contributed by atoms with E-state index in [0.29, 0.717) is 5.11 Å². The van der Waals surface area contributed by atoms with Crippen molar-refractivity contribution >= 4 is 28.9 Å². The van der Waals surface area contributed by atoms with Crippen molar-refractivity contribution in [3.63, 3.8) is 0 Å². The highest BCUT2D eigenvalue weighted by Gasteiger charge is 2.54. The van der Waals surface area contributed by atoms with Gasteiger partial charge in [0.1, 0.15) is 11.7 Å². The third-order valence-corrected chi connectivity index (χ3v) is 5.54. The second-order valence-corrected chi connectivity index (χ2v) is 8.02. The van der Waals surface area contributed by atoms with Crippen molar-refractivity contribution in [1.82, 2.24) is 10.6 Å². The number of aryl methyl sites for hydroxylation is 3. The zero-order valence-corrected chi connectivity index (χ0v) is 16.7. The lowest BCUT2D eigenvalue weighted by Crippen LogP contribution is -2.70. The average Bonchev–Trinajstić information content (AvgIpc) is 2.57. The van der Waals surface area contributed by atoms with Gasteiger partial charge < -0.3 is 20.7 Å². The first-order valence-electron chi connectivity index (χ1n) is 9.03. The van der Waals surface area contributed by atoms with E-state index in [0.717, 1.165) is 33.7 Å². The molecule has 2 heterocycles. The fourth-order valence-electron chi connectivity index (χ4n) is 4.03. The highest BCUT2D eigenvalue weighted by atomic mass is 32.1. The predicted octanol–water partition coefficient (Wildman–Crippen LogP) is 3.49. The standard InChI is InChI=1S/C21H23N3O2S/c1-11-5-7-15(13(3)9-11)22-19(25)17-18-14-10-12(2)6-8-16(14)26-21(17,4)24-20(27)23-18/h5-10,17-18H,1-4H3,(H,22,25)(H2,23,24,27)/t17-,18+,21-/m0/s1. The van der Waals surface area contributed by atoms with Crippen molar-refractivity contribution in [1.29, 1.82) is 0 Å². The Labute approximate surface area is 164 Å². The molecule has 5 nitrogen and oxygen atoms in total. The molecule has 0 saturated carbocycles. The molecule has 0 aliphatic carbocycles. The van der Waals surface area contributed by atoms with Crippen LogP contribution in [0.2, 0.25) is 0 Å². The molecule has 2 bridgehead atoms. The van der Waals surface area contributed by atoms with Crippen molar-refractivity contribution in [3.05, 3.63) is 58.7 Å². The number of nitrogens with one attached hydrogen (secondary N) is 3. The van der Waals surface area contributed by atoms with Gasteiger partial charge in [-0.15, -0.1) is 0 Å². The quantitative estimate of drug-likeness (QED) is 0.695. The molecule has 140 valence electrons. The molecular weight excluding hydrogens is 358 g/mol. The van der Waals surface area contributed by atoms with Crippen LogP contribution in [0.4, 0.5) is 5.69 Å². The Hall–Kier alpha value is -2.60. The van der Waals surface area contributed by atoms with E-state index in [9.17, 15) is 4.79 Å². The number of hydrogen-bond acceptors (Lipinski definition) is 3. The van der Waals surface area contributed by atoms with E-state index in [4.69, 9.17) is 17.0 Å². The number of thiocarbonyl (C=S) groups is 1. The van der Waals surface area contributed by atoms with Gasteiger partial charge >= 0.3 is 0 Å². The molecule has 0 spiro atoms. The second kappa shape index (κ2) is 6.23. The number of benzene rings is 2. The second-order valence-electron chi connectivity index (χ2n) is 7.61. The van der Waals surface area contributed by atoms with Crippen LogP contribution >= 0.6 is 12.2 Å². The minimum Gasteiger partial charge on any atom is -0.467 e. The Morgan fingerprint density at radius 3 is 2.59 bits per heavy atom. The van der Waals surface area contributed by atoms with Crippen LogP contribution in [0, 0.1) is 26.7 Å². The first-order chi connectivity index (χ1) is 12.8. The molecule has 1 fully saturated rings. The van der Waals surface area contributed by atoms with Gasteiger partial charge in [-0.25, -0.2) is 0 Å². The Balaban J connectivity index is 1.73. The molecule has 3 atom stereocenters. The maximum atomic E-state index is 13.3. The van der Waals surface area contributed by atoms with E-state index in [1.54, 1.807) is 0 Å². The summed E-state index contributed by atoms with van der Waals surface area (Å²) < 4.78 is 6.24. The lowest BCUT2D eigenvalue weighted by Gasteiger charge is -2.50. The van der Waals surface area contributed by atoms with E-state index in [1.165, 1.54) is 0 Å². The number of anilines is 1. The molecule has 3 N–H and O–H groups in total. The highest BCUT2D eigenvalue weighted by molar-refractivity contribution is 7.80. The van der Waals surface area contributed by atoms with E-state index in [2.05, 4.69) is 28.1 Å². The molecule has 2 aliphatic heterocycles. The van der Waals surface area contributed by atoms with Crippen LogP contribution in [-0.2, 0) is 4.79 Å². The topological polar surface area (TPSA) is 62.4 Å². The van der Waals surface area contributed by atoms with E-state index < -0.39 is 11.6 Å². The molecule has 4 rings (SSSR count). The third kappa shape index (κ3) is 3.04. The summed E-state index contributed by atoms with van der Waals surface area (Å²) in [7, 11) is 0. The van der Waals surface area contributed by atoms with Crippen LogP contribution in [0.25, 0.3) is 0 Å². The predicted molar refractivity (Wildman–Crippen MR) is 110 cm³/mol. The summed E-state index contributed by atoms with van der Waals surface area (Å²) in [6.45, 7) is 7.93. The van der Waals surface area contributed by atoms with Crippen LogP contribution in [0.15, 0.2) is 36.4 Å². The molecule has 2 aromatic carbocycles. The number of fused-ring (bicyclic) bond motifs is 4. The molecule has 1 amide bonds. The smallest absolute Gasteiger partial charge is 0.236 e. The molecular formula is C21H23N3O2S. The minimum atomic E-state index is -0.919. The molecule has 0 radical (unpaired) electrons. The van der Waals surface area contributed by atoms with Crippen molar-refractivity contribution in [3.8, 4) is 5.75 Å².